The van der Waals surface area contributed by atoms with Crippen molar-refractivity contribution in [2.24, 2.45) is 0 Å². The summed E-state index contributed by atoms with van der Waals surface area (Å²) in [5.41, 5.74) is 0. The third kappa shape index (κ3) is 0.861. The van der Waals surface area contributed by atoms with Gasteiger partial charge in [0.25, 0.3) is 5.84 Å². The molecule has 0 N–H and O–H groups in total. The zero-order valence-electron chi connectivity index (χ0n) is 3.68. The van der Waals surface area contributed by atoms with E-state index in [2.05, 4.69) is 10.6 Å². The van der Waals surface area contributed by atoms with Crippen molar-refractivity contribution in [3.05, 3.63) is 0 Å². The summed E-state index contributed by atoms with van der Waals surface area (Å²) in [7, 11) is 0. The minimum Gasteiger partial charge on any atom is -0.214 e. The number of nitrogens with zero attached hydrogens (tertiary/aromatic N) is 1. The SMILES string of the molecule is CCN1SBS1. The molecule has 0 aromatic rings. The Morgan fingerprint density at radius 3 is 2.33 bits per heavy atom. The van der Waals surface area contributed by atoms with Crippen LogP contribution in [0.15, 0.2) is 0 Å². The van der Waals surface area contributed by atoms with Crippen molar-refractivity contribution in [2.45, 2.75) is 6.92 Å². The lowest BCUT2D eigenvalue weighted by atomic mass is 10.7. The average molecular weight is 119 g/mol. The Morgan fingerprint density at radius 1 is 1.67 bits per heavy atom. The molecule has 0 radical (unpaired) electrons. The van der Waals surface area contributed by atoms with E-state index < -0.39 is 0 Å². The monoisotopic (exact) mass is 119 g/mol. The van der Waals surface area contributed by atoms with E-state index in [0.29, 0.717) is 0 Å². The Bertz CT molecular complexity index is 44.1. The Labute approximate surface area is 47.2 Å². The van der Waals surface area contributed by atoms with Crippen molar-refractivity contribution >= 4 is 29.4 Å². The van der Waals surface area contributed by atoms with Crippen LogP contribution in [0.3, 0.4) is 0 Å². The van der Waals surface area contributed by atoms with E-state index in [1.807, 2.05) is 23.6 Å². The van der Waals surface area contributed by atoms with Crippen molar-refractivity contribution in [1.82, 2.24) is 3.71 Å². The van der Waals surface area contributed by atoms with Gasteiger partial charge in [0.15, 0.2) is 0 Å². The smallest absolute Gasteiger partial charge is 0.214 e. The molecule has 34 valence electrons. The van der Waals surface area contributed by atoms with Crippen LogP contribution in [0.1, 0.15) is 6.92 Å². The molecule has 0 aromatic heterocycles. The first-order valence-electron chi connectivity index (χ1n) is 1.97. The lowest BCUT2D eigenvalue weighted by molar-refractivity contribution is 0.797. The maximum atomic E-state index is 2.26. The summed E-state index contributed by atoms with van der Waals surface area (Å²) in [6, 6.07) is 0. The lowest BCUT2D eigenvalue weighted by Gasteiger charge is -2.25. The van der Waals surface area contributed by atoms with Crippen molar-refractivity contribution in [3.63, 3.8) is 0 Å². The lowest BCUT2D eigenvalue weighted by Crippen LogP contribution is -2.16. The van der Waals surface area contributed by atoms with Crippen LogP contribution in [0.2, 0.25) is 0 Å². The van der Waals surface area contributed by atoms with E-state index >= 15 is 0 Å². The zero-order chi connectivity index (χ0) is 4.41. The second-order valence-electron chi connectivity index (χ2n) is 1.03. The fourth-order valence-corrected chi connectivity index (χ4v) is 1.69. The van der Waals surface area contributed by atoms with Crippen LogP contribution in [0.25, 0.3) is 0 Å². The zero-order valence-corrected chi connectivity index (χ0v) is 5.31. The molecule has 1 saturated heterocycles. The van der Waals surface area contributed by atoms with E-state index in [1.54, 1.807) is 0 Å². The van der Waals surface area contributed by atoms with Crippen LogP contribution in [-0.4, -0.2) is 16.1 Å². The van der Waals surface area contributed by atoms with Gasteiger partial charge in [0.05, 0.1) is 0 Å². The fourth-order valence-electron chi connectivity index (χ4n) is 0.310. The predicted molar refractivity (Wildman–Crippen MR) is 34.7 cm³/mol. The maximum absolute atomic E-state index is 2.26. The third-order valence-electron chi connectivity index (χ3n) is 0.652. The summed E-state index contributed by atoms with van der Waals surface area (Å²) >= 11 is 3.80. The van der Waals surface area contributed by atoms with Gasteiger partial charge in [0, 0.05) is 6.54 Å². The van der Waals surface area contributed by atoms with Gasteiger partial charge in [0.1, 0.15) is 0 Å². The second kappa shape index (κ2) is 2.14. The van der Waals surface area contributed by atoms with Crippen molar-refractivity contribution in [3.8, 4) is 0 Å². The number of hydrogen-bond donors (Lipinski definition) is 0. The summed E-state index contributed by atoms with van der Waals surface area (Å²) in [6.45, 7) is 3.34. The van der Waals surface area contributed by atoms with Crippen LogP contribution in [0.4, 0.5) is 0 Å². The van der Waals surface area contributed by atoms with Gasteiger partial charge < -0.3 is 0 Å². The molecule has 1 aliphatic heterocycles. The molecule has 4 heteroatoms. The Kier molecular flexibility index (Phi) is 1.74. The van der Waals surface area contributed by atoms with Crippen LogP contribution in [-0.2, 0) is 0 Å². The first-order chi connectivity index (χ1) is 2.93. The average Bonchev–Trinajstić information content (AvgIpc) is 1.31. The van der Waals surface area contributed by atoms with Crippen LogP contribution >= 0.6 is 23.6 Å². The second-order valence-corrected chi connectivity index (χ2v) is 3.60. The normalized spacial score (nSPS) is 22.2. The van der Waals surface area contributed by atoms with E-state index in [0.717, 1.165) is 0 Å². The van der Waals surface area contributed by atoms with Crippen LogP contribution < -0.4 is 0 Å². The van der Waals surface area contributed by atoms with Crippen molar-refractivity contribution in [2.75, 3.05) is 6.54 Å². The predicted octanol–water partition coefficient (Wildman–Crippen LogP) is 0.885. The Hall–Kier alpha value is 0.725. The molecular weight excluding hydrogens is 113 g/mol. The molecular formula is C2H6BNS2. The summed E-state index contributed by atoms with van der Waals surface area (Å²) < 4.78 is 2.26. The van der Waals surface area contributed by atoms with Gasteiger partial charge in [-0.1, -0.05) is 6.92 Å². The van der Waals surface area contributed by atoms with Gasteiger partial charge >= 0.3 is 0 Å². The molecule has 0 aliphatic carbocycles. The molecule has 1 nitrogen and oxygen atoms in total. The fraction of sp³-hybridized carbons (Fsp3) is 1.00. The summed E-state index contributed by atoms with van der Waals surface area (Å²) in [5, 5.41) is 0. The topological polar surface area (TPSA) is 3.24 Å². The third-order valence-corrected chi connectivity index (χ3v) is 3.22. The van der Waals surface area contributed by atoms with E-state index in [1.165, 1.54) is 12.4 Å². The minimum absolute atomic E-state index is 1.18. The Balaban J connectivity index is 2.01. The highest BCUT2D eigenvalue weighted by Crippen LogP contribution is 2.32. The minimum atomic E-state index is 1.18. The maximum Gasteiger partial charge on any atom is 0.298 e. The Morgan fingerprint density at radius 2 is 2.33 bits per heavy atom. The highest BCUT2D eigenvalue weighted by atomic mass is 32.3. The number of rotatable bonds is 1. The molecule has 1 rings (SSSR count). The van der Waals surface area contributed by atoms with Crippen molar-refractivity contribution < 1.29 is 0 Å². The van der Waals surface area contributed by atoms with Crippen LogP contribution in [0, 0.1) is 0 Å². The first kappa shape index (κ1) is 4.87. The van der Waals surface area contributed by atoms with Gasteiger partial charge in [-0.05, 0) is 0 Å². The summed E-state index contributed by atoms with van der Waals surface area (Å²) in [5.74, 6) is 1.26. The molecule has 1 heterocycles. The molecule has 0 unspecified atom stereocenters. The van der Waals surface area contributed by atoms with Gasteiger partial charge in [0.2, 0.25) is 0 Å². The van der Waals surface area contributed by atoms with E-state index in [9.17, 15) is 0 Å². The van der Waals surface area contributed by atoms with Gasteiger partial charge in [-0.25, -0.2) is 3.71 Å². The molecule has 0 amide bonds. The molecule has 0 bridgehead atoms. The summed E-state index contributed by atoms with van der Waals surface area (Å²) in [6.07, 6.45) is 0. The van der Waals surface area contributed by atoms with Gasteiger partial charge in [-0.3, -0.25) is 0 Å². The molecule has 0 spiro atoms. The quantitative estimate of drug-likeness (QED) is 0.372. The highest BCUT2D eigenvalue weighted by Gasteiger charge is 2.13. The molecule has 6 heavy (non-hydrogen) atoms. The van der Waals surface area contributed by atoms with E-state index in [4.69, 9.17) is 0 Å². The molecule has 1 fully saturated rings. The number of hydrogen-bond acceptors (Lipinski definition) is 3. The van der Waals surface area contributed by atoms with Gasteiger partial charge in [-0.2, -0.15) is 0 Å². The largest absolute Gasteiger partial charge is 0.298 e. The molecule has 0 aromatic carbocycles. The van der Waals surface area contributed by atoms with Crippen LogP contribution in [0.5, 0.6) is 0 Å². The van der Waals surface area contributed by atoms with Crippen molar-refractivity contribution in [1.29, 1.82) is 0 Å². The first-order valence-corrected chi connectivity index (χ1v) is 3.85. The summed E-state index contributed by atoms with van der Waals surface area (Å²) in [4.78, 5) is 0. The molecule has 0 atom stereocenters. The standard InChI is InChI=1S/C2H6BNS2/c1-2-4-5-3-6-4/h3H,2H2,1H3. The van der Waals surface area contributed by atoms with E-state index in [-0.39, 0.29) is 0 Å². The highest BCUT2D eigenvalue weighted by molar-refractivity contribution is 8.60. The molecule has 0 saturated carbocycles. The van der Waals surface area contributed by atoms with Gasteiger partial charge in [-0.15, -0.1) is 23.6 Å². The molecule has 1 aliphatic rings.